The van der Waals surface area contributed by atoms with E-state index in [1.54, 1.807) is 0 Å². The number of amides is 2. The van der Waals surface area contributed by atoms with Gasteiger partial charge in [0.05, 0.1) is 6.61 Å². The van der Waals surface area contributed by atoms with Crippen molar-refractivity contribution in [2.24, 2.45) is 0 Å². The van der Waals surface area contributed by atoms with E-state index in [-0.39, 0.29) is 6.03 Å². The highest BCUT2D eigenvalue weighted by atomic mass is 16.5. The minimum Gasteiger partial charge on any atom is -0.480 e. The molecule has 2 amide bonds. The fourth-order valence-electron chi connectivity index (χ4n) is 2.11. The van der Waals surface area contributed by atoms with Crippen LogP contribution in [0.25, 0.3) is 0 Å². The van der Waals surface area contributed by atoms with Crippen LogP contribution in [0.15, 0.2) is 0 Å². The number of piperidine rings is 1. The van der Waals surface area contributed by atoms with Crippen LogP contribution in [0.5, 0.6) is 0 Å². The number of hydrogen-bond donors (Lipinski definition) is 2. The molecule has 1 unspecified atom stereocenters. The largest absolute Gasteiger partial charge is 0.480 e. The van der Waals surface area contributed by atoms with Crippen molar-refractivity contribution in [3.63, 3.8) is 0 Å². The number of likely N-dealkylation sites (tertiary alicyclic amines) is 1. The number of carbonyl (C=O) groups is 2. The predicted molar refractivity (Wildman–Crippen MR) is 71.1 cm³/mol. The van der Waals surface area contributed by atoms with E-state index in [0.29, 0.717) is 32.7 Å². The molecule has 0 aromatic heterocycles. The van der Waals surface area contributed by atoms with E-state index in [1.807, 2.05) is 0 Å². The zero-order valence-electron chi connectivity index (χ0n) is 11.6. The number of carbonyl (C=O) groups excluding carboxylic acids is 1. The smallest absolute Gasteiger partial charge is 0.326 e. The third-order valence-corrected chi connectivity index (χ3v) is 3.21. The van der Waals surface area contributed by atoms with Crippen molar-refractivity contribution in [3.8, 4) is 0 Å². The second-order valence-corrected chi connectivity index (χ2v) is 4.74. The zero-order chi connectivity index (χ0) is 14.1. The standard InChI is InChI=1S/C13H24N2O4/c1-2-3-9-19-10-7-14-13(18)15-8-5-4-6-11(15)12(16)17/h11H,2-10H2,1H3,(H,14,18)(H,16,17). The van der Waals surface area contributed by atoms with Crippen LogP contribution in [-0.2, 0) is 9.53 Å². The van der Waals surface area contributed by atoms with E-state index < -0.39 is 12.0 Å². The molecule has 0 aliphatic carbocycles. The fourth-order valence-corrected chi connectivity index (χ4v) is 2.11. The second-order valence-electron chi connectivity index (χ2n) is 4.74. The highest BCUT2D eigenvalue weighted by Crippen LogP contribution is 2.17. The van der Waals surface area contributed by atoms with Crippen LogP contribution in [-0.4, -0.2) is 54.4 Å². The molecule has 1 aliphatic rings. The number of nitrogens with one attached hydrogen (secondary N) is 1. The van der Waals surface area contributed by atoms with Gasteiger partial charge < -0.3 is 20.1 Å². The average molecular weight is 272 g/mol. The van der Waals surface area contributed by atoms with Crippen LogP contribution >= 0.6 is 0 Å². The first-order valence-electron chi connectivity index (χ1n) is 7.01. The van der Waals surface area contributed by atoms with Gasteiger partial charge in [0, 0.05) is 19.7 Å². The number of carboxylic acids is 1. The Morgan fingerprint density at radius 2 is 2.16 bits per heavy atom. The van der Waals surface area contributed by atoms with Crippen molar-refractivity contribution < 1.29 is 19.4 Å². The van der Waals surface area contributed by atoms with E-state index in [4.69, 9.17) is 9.84 Å². The summed E-state index contributed by atoms with van der Waals surface area (Å²) in [5, 5.41) is 11.8. The first-order chi connectivity index (χ1) is 9.16. The van der Waals surface area contributed by atoms with Crippen LogP contribution in [0.3, 0.4) is 0 Å². The van der Waals surface area contributed by atoms with Gasteiger partial charge in [-0.05, 0) is 25.7 Å². The topological polar surface area (TPSA) is 78.9 Å². The lowest BCUT2D eigenvalue weighted by atomic mass is 10.0. The van der Waals surface area contributed by atoms with Crippen LogP contribution in [0.2, 0.25) is 0 Å². The summed E-state index contributed by atoms with van der Waals surface area (Å²) in [5.74, 6) is -0.922. The Hall–Kier alpha value is -1.30. The number of unbranched alkanes of at least 4 members (excludes halogenated alkanes) is 1. The predicted octanol–water partition coefficient (Wildman–Crippen LogP) is 1.45. The maximum atomic E-state index is 11.9. The number of hydrogen-bond acceptors (Lipinski definition) is 3. The van der Waals surface area contributed by atoms with Crippen molar-refractivity contribution in [1.29, 1.82) is 0 Å². The first kappa shape index (κ1) is 15.8. The second kappa shape index (κ2) is 8.74. The lowest BCUT2D eigenvalue weighted by molar-refractivity contribution is -0.143. The van der Waals surface area contributed by atoms with E-state index in [9.17, 15) is 9.59 Å². The Morgan fingerprint density at radius 1 is 1.37 bits per heavy atom. The van der Waals surface area contributed by atoms with Gasteiger partial charge in [0.25, 0.3) is 0 Å². The van der Waals surface area contributed by atoms with E-state index in [0.717, 1.165) is 25.7 Å². The molecule has 1 atom stereocenters. The molecule has 1 rings (SSSR count). The average Bonchev–Trinajstić information content (AvgIpc) is 2.42. The van der Waals surface area contributed by atoms with Crippen molar-refractivity contribution in [3.05, 3.63) is 0 Å². The molecular weight excluding hydrogens is 248 g/mol. The SMILES string of the molecule is CCCCOCCNC(=O)N1CCCCC1C(=O)O. The summed E-state index contributed by atoms with van der Waals surface area (Å²) in [7, 11) is 0. The zero-order valence-corrected chi connectivity index (χ0v) is 11.6. The summed E-state index contributed by atoms with van der Waals surface area (Å²) in [4.78, 5) is 24.4. The lowest BCUT2D eigenvalue weighted by Gasteiger charge is -2.32. The van der Waals surface area contributed by atoms with Gasteiger partial charge in [-0.1, -0.05) is 13.3 Å². The van der Waals surface area contributed by atoms with Gasteiger partial charge >= 0.3 is 12.0 Å². The Labute approximate surface area is 114 Å². The number of urea groups is 1. The lowest BCUT2D eigenvalue weighted by Crippen LogP contribution is -2.52. The maximum absolute atomic E-state index is 11.9. The van der Waals surface area contributed by atoms with Gasteiger partial charge in [-0.3, -0.25) is 0 Å². The molecular formula is C13H24N2O4. The molecule has 1 heterocycles. The molecule has 0 aromatic rings. The number of aliphatic carboxylic acids is 1. The van der Waals surface area contributed by atoms with Gasteiger partial charge in [-0.25, -0.2) is 9.59 Å². The summed E-state index contributed by atoms with van der Waals surface area (Å²) in [5.41, 5.74) is 0. The molecule has 110 valence electrons. The summed E-state index contributed by atoms with van der Waals surface area (Å²) < 4.78 is 5.34. The summed E-state index contributed by atoms with van der Waals surface area (Å²) in [6.45, 7) is 4.20. The molecule has 0 radical (unpaired) electrons. The van der Waals surface area contributed by atoms with Gasteiger partial charge in [0.15, 0.2) is 0 Å². The number of nitrogens with zero attached hydrogens (tertiary/aromatic N) is 1. The number of carboxylic acid groups (broad SMARTS) is 1. The number of ether oxygens (including phenoxy) is 1. The molecule has 0 bridgehead atoms. The molecule has 1 aliphatic heterocycles. The molecule has 19 heavy (non-hydrogen) atoms. The van der Waals surface area contributed by atoms with Gasteiger partial charge in [-0.2, -0.15) is 0 Å². The molecule has 0 saturated carbocycles. The Morgan fingerprint density at radius 3 is 2.84 bits per heavy atom. The normalized spacial score (nSPS) is 19.2. The van der Waals surface area contributed by atoms with Crippen LogP contribution < -0.4 is 5.32 Å². The highest BCUT2D eigenvalue weighted by molar-refractivity contribution is 5.82. The third kappa shape index (κ3) is 5.46. The molecule has 2 N–H and O–H groups in total. The summed E-state index contributed by atoms with van der Waals surface area (Å²) >= 11 is 0. The molecule has 0 aromatic carbocycles. The minimum atomic E-state index is -0.922. The van der Waals surface area contributed by atoms with E-state index in [2.05, 4.69) is 12.2 Å². The van der Waals surface area contributed by atoms with Crippen LogP contribution in [0, 0.1) is 0 Å². The molecule has 1 saturated heterocycles. The summed E-state index contributed by atoms with van der Waals surface area (Å²) in [6, 6.07) is -0.985. The maximum Gasteiger partial charge on any atom is 0.326 e. The first-order valence-corrected chi connectivity index (χ1v) is 7.01. The van der Waals surface area contributed by atoms with E-state index in [1.165, 1.54) is 4.90 Å². The quantitative estimate of drug-likeness (QED) is 0.688. The van der Waals surface area contributed by atoms with Gasteiger partial charge in [-0.15, -0.1) is 0 Å². The van der Waals surface area contributed by atoms with Gasteiger partial charge in [0.1, 0.15) is 6.04 Å². The fraction of sp³-hybridized carbons (Fsp3) is 0.846. The summed E-state index contributed by atoms with van der Waals surface area (Å²) in [6.07, 6.45) is 4.36. The molecule has 0 spiro atoms. The van der Waals surface area contributed by atoms with Crippen molar-refractivity contribution >= 4 is 12.0 Å². The Bertz CT molecular complexity index is 296. The van der Waals surface area contributed by atoms with Crippen LogP contribution in [0.4, 0.5) is 4.79 Å². The number of rotatable bonds is 7. The van der Waals surface area contributed by atoms with Gasteiger partial charge in [0.2, 0.25) is 0 Å². The van der Waals surface area contributed by atoms with Crippen LogP contribution in [0.1, 0.15) is 39.0 Å². The third-order valence-electron chi connectivity index (χ3n) is 3.21. The monoisotopic (exact) mass is 272 g/mol. The molecule has 6 heteroatoms. The van der Waals surface area contributed by atoms with Crippen molar-refractivity contribution in [2.75, 3.05) is 26.3 Å². The Balaban J connectivity index is 2.25. The Kier molecular flexibility index (Phi) is 7.25. The van der Waals surface area contributed by atoms with Crippen molar-refractivity contribution in [2.45, 2.75) is 45.1 Å². The molecule has 1 fully saturated rings. The minimum absolute atomic E-state index is 0.300. The molecule has 6 nitrogen and oxygen atoms in total. The highest BCUT2D eigenvalue weighted by Gasteiger charge is 2.31. The van der Waals surface area contributed by atoms with E-state index >= 15 is 0 Å². The van der Waals surface area contributed by atoms with Crippen molar-refractivity contribution in [1.82, 2.24) is 10.2 Å².